The molecule has 0 amide bonds. The molecule has 7 nitrogen and oxygen atoms in total. The first-order chi connectivity index (χ1) is 16.0. The van der Waals surface area contributed by atoms with Crippen LogP contribution in [0.2, 0.25) is 0 Å². The number of rotatable bonds is 5. The van der Waals surface area contributed by atoms with E-state index in [4.69, 9.17) is 4.74 Å². The molecule has 4 heterocycles. The fourth-order valence-electron chi connectivity index (χ4n) is 4.12. The SMILES string of the molecule is COc1nc(/C=C/c2nc3n(n2)CCC[C@H]3c2cc(F)ccc2F)ccc1-n1cnc(C)c1. The predicted molar refractivity (Wildman–Crippen MR) is 119 cm³/mol. The Hall–Kier alpha value is -3.88. The van der Waals surface area contributed by atoms with Gasteiger partial charge in [0.2, 0.25) is 5.88 Å². The molecule has 1 aromatic carbocycles. The maximum absolute atomic E-state index is 14.4. The highest BCUT2D eigenvalue weighted by molar-refractivity contribution is 5.65. The highest BCUT2D eigenvalue weighted by atomic mass is 19.1. The molecule has 5 rings (SSSR count). The summed E-state index contributed by atoms with van der Waals surface area (Å²) in [5, 5.41) is 4.54. The van der Waals surface area contributed by atoms with Gasteiger partial charge in [0.15, 0.2) is 5.82 Å². The van der Waals surface area contributed by atoms with Gasteiger partial charge in [-0.1, -0.05) is 0 Å². The van der Waals surface area contributed by atoms with Crippen LogP contribution < -0.4 is 4.74 Å². The smallest absolute Gasteiger partial charge is 0.238 e. The van der Waals surface area contributed by atoms with Gasteiger partial charge in [-0.25, -0.2) is 28.4 Å². The van der Waals surface area contributed by atoms with E-state index < -0.39 is 11.6 Å². The number of ether oxygens (including phenoxy) is 1. The van der Waals surface area contributed by atoms with Crippen LogP contribution >= 0.6 is 0 Å². The van der Waals surface area contributed by atoms with Gasteiger partial charge in [0, 0.05) is 24.2 Å². The fraction of sp³-hybridized carbons (Fsp3) is 0.250. The fourth-order valence-corrected chi connectivity index (χ4v) is 4.12. The lowest BCUT2D eigenvalue weighted by Gasteiger charge is -2.22. The lowest BCUT2D eigenvalue weighted by atomic mass is 9.91. The number of benzene rings is 1. The molecule has 0 aliphatic carbocycles. The number of methoxy groups -OCH3 is 1. The number of aryl methyl sites for hydroxylation is 2. The second kappa shape index (κ2) is 8.57. The summed E-state index contributed by atoms with van der Waals surface area (Å²) >= 11 is 0. The van der Waals surface area contributed by atoms with Gasteiger partial charge in [0.25, 0.3) is 0 Å². The van der Waals surface area contributed by atoms with E-state index in [1.165, 1.54) is 6.07 Å². The molecule has 4 aromatic rings. The first-order valence-electron chi connectivity index (χ1n) is 10.7. The Labute approximate surface area is 189 Å². The number of imidazole rings is 1. The van der Waals surface area contributed by atoms with Crippen molar-refractivity contribution in [1.29, 1.82) is 0 Å². The van der Waals surface area contributed by atoms with Crippen LogP contribution in [0.5, 0.6) is 5.88 Å². The standard InChI is InChI=1S/C24H22F2N6O/c1-15-13-31(14-27-15)21-9-6-17(28-24(21)33-2)7-10-22-29-23-18(4-3-11-32(23)30-22)19-12-16(25)5-8-20(19)26/h5-10,12-14,18H,3-4,11H2,1-2H3/b10-7+/t18-/m0/s1. The summed E-state index contributed by atoms with van der Waals surface area (Å²) in [5.41, 5.74) is 2.67. The molecule has 3 aromatic heterocycles. The Bertz CT molecular complexity index is 1340. The van der Waals surface area contributed by atoms with Gasteiger partial charge in [-0.3, -0.25) is 0 Å². The summed E-state index contributed by atoms with van der Waals surface area (Å²) in [4.78, 5) is 13.4. The lowest BCUT2D eigenvalue weighted by Crippen LogP contribution is -2.19. The predicted octanol–water partition coefficient (Wildman–Crippen LogP) is 4.55. The van der Waals surface area contributed by atoms with E-state index in [0.717, 1.165) is 29.9 Å². The number of pyridine rings is 1. The number of hydrogen-bond acceptors (Lipinski definition) is 5. The van der Waals surface area contributed by atoms with E-state index >= 15 is 0 Å². The zero-order valence-electron chi connectivity index (χ0n) is 18.2. The van der Waals surface area contributed by atoms with Gasteiger partial charge in [-0.05, 0) is 62.2 Å². The second-order valence-corrected chi connectivity index (χ2v) is 7.93. The van der Waals surface area contributed by atoms with E-state index in [0.29, 0.717) is 41.8 Å². The Morgan fingerprint density at radius 3 is 2.79 bits per heavy atom. The van der Waals surface area contributed by atoms with Crippen molar-refractivity contribution in [2.45, 2.75) is 32.2 Å². The number of halogens is 2. The Kier molecular flexibility index (Phi) is 5.45. The van der Waals surface area contributed by atoms with Gasteiger partial charge >= 0.3 is 0 Å². The minimum Gasteiger partial charge on any atom is -0.479 e. The van der Waals surface area contributed by atoms with Gasteiger partial charge in [-0.15, -0.1) is 0 Å². The number of nitrogens with zero attached hydrogens (tertiary/aromatic N) is 6. The molecule has 0 N–H and O–H groups in total. The van der Waals surface area contributed by atoms with Crippen molar-refractivity contribution in [3.05, 3.63) is 83.1 Å². The van der Waals surface area contributed by atoms with Gasteiger partial charge in [0.1, 0.15) is 23.1 Å². The van der Waals surface area contributed by atoms with Crippen molar-refractivity contribution in [1.82, 2.24) is 29.3 Å². The first-order valence-corrected chi connectivity index (χ1v) is 10.7. The molecule has 0 saturated heterocycles. The summed E-state index contributed by atoms with van der Waals surface area (Å²) in [5.74, 6) is 0.371. The third-order valence-corrected chi connectivity index (χ3v) is 5.67. The third kappa shape index (κ3) is 4.13. The molecule has 1 atom stereocenters. The third-order valence-electron chi connectivity index (χ3n) is 5.67. The van der Waals surface area contributed by atoms with Crippen LogP contribution in [-0.2, 0) is 6.54 Å². The van der Waals surface area contributed by atoms with E-state index in [1.54, 1.807) is 30.3 Å². The van der Waals surface area contributed by atoms with Crippen LogP contribution in [0, 0.1) is 18.6 Å². The van der Waals surface area contributed by atoms with Gasteiger partial charge in [0.05, 0.1) is 24.8 Å². The van der Waals surface area contributed by atoms with Crippen LogP contribution in [0.3, 0.4) is 0 Å². The van der Waals surface area contributed by atoms with Crippen LogP contribution in [0.25, 0.3) is 17.8 Å². The monoisotopic (exact) mass is 448 g/mol. The topological polar surface area (TPSA) is 70.7 Å². The normalized spacial score (nSPS) is 15.7. The lowest BCUT2D eigenvalue weighted by molar-refractivity contribution is 0.395. The van der Waals surface area contributed by atoms with Crippen molar-refractivity contribution in [2.24, 2.45) is 0 Å². The van der Waals surface area contributed by atoms with E-state index in [-0.39, 0.29) is 5.92 Å². The Morgan fingerprint density at radius 2 is 2.00 bits per heavy atom. The van der Waals surface area contributed by atoms with Gasteiger partial charge < -0.3 is 9.30 Å². The molecule has 1 aliphatic heterocycles. The summed E-state index contributed by atoms with van der Waals surface area (Å²) in [7, 11) is 1.57. The zero-order valence-corrected chi connectivity index (χ0v) is 18.2. The number of hydrogen-bond donors (Lipinski definition) is 0. The Morgan fingerprint density at radius 1 is 1.12 bits per heavy atom. The van der Waals surface area contributed by atoms with E-state index in [9.17, 15) is 8.78 Å². The molecular weight excluding hydrogens is 426 g/mol. The van der Waals surface area contributed by atoms with Crippen LogP contribution in [0.15, 0.2) is 42.9 Å². The minimum atomic E-state index is -0.461. The second-order valence-electron chi connectivity index (χ2n) is 7.93. The maximum Gasteiger partial charge on any atom is 0.238 e. The van der Waals surface area contributed by atoms with Crippen molar-refractivity contribution in [3.8, 4) is 11.6 Å². The first kappa shape index (κ1) is 21.0. The van der Waals surface area contributed by atoms with Crippen molar-refractivity contribution in [2.75, 3.05) is 7.11 Å². The molecule has 33 heavy (non-hydrogen) atoms. The Balaban J connectivity index is 1.42. The molecule has 0 radical (unpaired) electrons. The average molecular weight is 448 g/mol. The van der Waals surface area contributed by atoms with Crippen molar-refractivity contribution >= 4 is 12.2 Å². The number of fused-ring (bicyclic) bond motifs is 1. The summed E-state index contributed by atoms with van der Waals surface area (Å²) in [6.45, 7) is 2.60. The molecule has 1 aliphatic rings. The van der Waals surface area contributed by atoms with Crippen LogP contribution in [0.1, 0.15) is 47.4 Å². The quantitative estimate of drug-likeness (QED) is 0.448. The summed E-state index contributed by atoms with van der Waals surface area (Å²) in [6.07, 6.45) is 8.66. The number of aromatic nitrogens is 6. The summed E-state index contributed by atoms with van der Waals surface area (Å²) in [6, 6.07) is 7.31. The summed E-state index contributed by atoms with van der Waals surface area (Å²) < 4.78 is 37.2. The highest BCUT2D eigenvalue weighted by Crippen LogP contribution is 2.34. The largest absolute Gasteiger partial charge is 0.479 e. The van der Waals surface area contributed by atoms with Crippen LogP contribution in [0.4, 0.5) is 8.78 Å². The maximum atomic E-state index is 14.4. The van der Waals surface area contributed by atoms with Crippen LogP contribution in [-0.4, -0.2) is 36.4 Å². The highest BCUT2D eigenvalue weighted by Gasteiger charge is 2.27. The minimum absolute atomic E-state index is 0.315. The van der Waals surface area contributed by atoms with Crippen molar-refractivity contribution in [3.63, 3.8) is 0 Å². The molecular formula is C24H22F2N6O. The molecule has 9 heteroatoms. The van der Waals surface area contributed by atoms with Crippen molar-refractivity contribution < 1.29 is 13.5 Å². The van der Waals surface area contributed by atoms with Gasteiger partial charge in [-0.2, -0.15) is 5.10 Å². The molecule has 0 spiro atoms. The molecule has 0 unspecified atom stereocenters. The van der Waals surface area contributed by atoms with E-state index in [1.807, 2.05) is 29.8 Å². The molecule has 0 bridgehead atoms. The zero-order chi connectivity index (χ0) is 22.9. The molecule has 0 saturated carbocycles. The average Bonchev–Trinajstić information content (AvgIpc) is 3.44. The molecule has 168 valence electrons. The van der Waals surface area contributed by atoms with E-state index in [2.05, 4.69) is 20.1 Å². The molecule has 0 fully saturated rings.